The first kappa shape index (κ1) is 15.4. The lowest BCUT2D eigenvalue weighted by Gasteiger charge is -1.97. The Labute approximate surface area is 140 Å². The van der Waals surface area contributed by atoms with Gasteiger partial charge in [-0.25, -0.2) is 9.97 Å². The van der Waals surface area contributed by atoms with Gasteiger partial charge >= 0.3 is 0 Å². The average Bonchev–Trinajstić information content (AvgIpc) is 3.05. The summed E-state index contributed by atoms with van der Waals surface area (Å²) in [5.41, 5.74) is 14.1. The van der Waals surface area contributed by atoms with Crippen molar-refractivity contribution < 1.29 is 4.79 Å². The second-order valence-corrected chi connectivity index (χ2v) is 6.80. The zero-order chi connectivity index (χ0) is 16.6. The van der Waals surface area contributed by atoms with Crippen molar-refractivity contribution >= 4 is 55.0 Å². The average molecular weight is 346 g/mol. The number of aryl methyl sites for hydroxylation is 2. The van der Waals surface area contributed by atoms with Crippen LogP contribution in [0.15, 0.2) is 22.5 Å². The number of carbonyl (C=O) groups is 1. The predicted octanol–water partition coefficient (Wildman–Crippen LogP) is 2.53. The number of amides is 1. The van der Waals surface area contributed by atoms with Crippen molar-refractivity contribution in [3.8, 4) is 0 Å². The molecule has 23 heavy (non-hydrogen) atoms. The maximum absolute atomic E-state index is 12.2. The zero-order valence-electron chi connectivity index (χ0n) is 12.5. The molecule has 1 aromatic carbocycles. The molecule has 0 radical (unpaired) electrons. The van der Waals surface area contributed by atoms with Crippen molar-refractivity contribution in [3.05, 3.63) is 34.3 Å². The zero-order valence-corrected chi connectivity index (χ0v) is 14.1. The molecular formula is C14H14N6OS2. The van der Waals surface area contributed by atoms with Crippen LogP contribution in [0.4, 0.5) is 10.3 Å². The molecular weight excluding hydrogens is 332 g/mol. The van der Waals surface area contributed by atoms with E-state index in [1.165, 1.54) is 33.8 Å². The SMILES string of the molecule is Cc1cc2nc(NC(=O)c3csc(N=C(N)N)n3)sc2cc1C. The minimum Gasteiger partial charge on any atom is -0.370 e. The number of rotatable bonds is 3. The highest BCUT2D eigenvalue weighted by atomic mass is 32.1. The van der Waals surface area contributed by atoms with E-state index in [-0.39, 0.29) is 17.6 Å². The molecule has 0 aliphatic heterocycles. The minimum atomic E-state index is -0.342. The standard InChI is InChI=1S/C14H14N6OS2/c1-6-3-8-10(4-7(6)2)23-14(17-8)19-11(21)9-5-22-13(18-9)20-12(15)16/h3-5H,1-2H3,(H,17,19,21)(H4,15,16,18,20). The molecule has 2 heterocycles. The summed E-state index contributed by atoms with van der Waals surface area (Å²) in [4.78, 5) is 24.5. The number of fused-ring (bicyclic) bond motifs is 1. The van der Waals surface area contributed by atoms with E-state index in [9.17, 15) is 4.79 Å². The third kappa shape index (κ3) is 3.30. The van der Waals surface area contributed by atoms with E-state index in [0.29, 0.717) is 10.3 Å². The Hall–Kier alpha value is -2.52. The molecule has 5 N–H and O–H groups in total. The van der Waals surface area contributed by atoms with Crippen LogP contribution in [0.25, 0.3) is 10.2 Å². The van der Waals surface area contributed by atoms with E-state index < -0.39 is 0 Å². The van der Waals surface area contributed by atoms with Crippen molar-refractivity contribution in [2.45, 2.75) is 13.8 Å². The van der Waals surface area contributed by atoms with Crippen LogP contribution in [-0.4, -0.2) is 21.8 Å². The number of nitrogens with one attached hydrogen (secondary N) is 1. The molecule has 7 nitrogen and oxygen atoms in total. The monoisotopic (exact) mass is 346 g/mol. The fourth-order valence-corrected chi connectivity index (χ4v) is 3.55. The molecule has 0 bridgehead atoms. The molecule has 3 rings (SSSR count). The number of aliphatic imine (C=N–C) groups is 1. The quantitative estimate of drug-likeness (QED) is 0.497. The number of anilines is 1. The van der Waals surface area contributed by atoms with Gasteiger partial charge in [0.1, 0.15) is 5.69 Å². The second kappa shape index (κ2) is 5.94. The van der Waals surface area contributed by atoms with Gasteiger partial charge in [0.2, 0.25) is 5.13 Å². The predicted molar refractivity (Wildman–Crippen MR) is 94.6 cm³/mol. The maximum atomic E-state index is 12.2. The summed E-state index contributed by atoms with van der Waals surface area (Å²) in [6.07, 6.45) is 0. The lowest BCUT2D eigenvalue weighted by molar-refractivity contribution is 0.102. The van der Waals surface area contributed by atoms with Crippen LogP contribution in [0.1, 0.15) is 21.6 Å². The van der Waals surface area contributed by atoms with Crippen molar-refractivity contribution in [2.24, 2.45) is 16.5 Å². The number of aromatic nitrogens is 2. The summed E-state index contributed by atoms with van der Waals surface area (Å²) in [5, 5.41) is 5.22. The third-order valence-corrected chi connectivity index (χ3v) is 4.84. The fourth-order valence-electron chi connectivity index (χ4n) is 1.92. The van der Waals surface area contributed by atoms with Gasteiger partial charge in [-0.3, -0.25) is 10.1 Å². The molecule has 9 heteroatoms. The van der Waals surface area contributed by atoms with E-state index >= 15 is 0 Å². The van der Waals surface area contributed by atoms with Gasteiger partial charge in [-0.1, -0.05) is 11.3 Å². The summed E-state index contributed by atoms with van der Waals surface area (Å²) in [6, 6.07) is 4.08. The minimum absolute atomic E-state index is 0.0942. The lowest BCUT2D eigenvalue weighted by atomic mass is 10.1. The Morgan fingerprint density at radius 2 is 1.96 bits per heavy atom. The van der Waals surface area contributed by atoms with Crippen LogP contribution in [0.2, 0.25) is 0 Å². The van der Waals surface area contributed by atoms with Gasteiger partial charge in [-0.05, 0) is 37.1 Å². The molecule has 0 spiro atoms. The highest BCUT2D eigenvalue weighted by Crippen LogP contribution is 2.29. The first-order valence-electron chi connectivity index (χ1n) is 6.66. The van der Waals surface area contributed by atoms with Gasteiger partial charge in [0.15, 0.2) is 11.1 Å². The molecule has 3 aromatic rings. The van der Waals surface area contributed by atoms with Crippen molar-refractivity contribution in [2.75, 3.05) is 5.32 Å². The molecule has 0 saturated carbocycles. The number of hydrogen-bond acceptors (Lipinski definition) is 6. The Balaban J connectivity index is 1.82. The van der Waals surface area contributed by atoms with Gasteiger partial charge in [0.25, 0.3) is 5.91 Å². The van der Waals surface area contributed by atoms with E-state index in [1.807, 2.05) is 19.9 Å². The van der Waals surface area contributed by atoms with Crippen molar-refractivity contribution in [1.82, 2.24) is 9.97 Å². The van der Waals surface area contributed by atoms with Gasteiger partial charge in [0.05, 0.1) is 10.2 Å². The highest BCUT2D eigenvalue weighted by Gasteiger charge is 2.14. The van der Waals surface area contributed by atoms with Crippen LogP contribution in [0, 0.1) is 13.8 Å². The molecule has 0 atom stereocenters. The van der Waals surface area contributed by atoms with E-state index in [2.05, 4.69) is 26.3 Å². The van der Waals surface area contributed by atoms with Gasteiger partial charge in [-0.15, -0.1) is 11.3 Å². The number of nitrogens with zero attached hydrogens (tertiary/aromatic N) is 3. The van der Waals surface area contributed by atoms with Crippen LogP contribution >= 0.6 is 22.7 Å². The Kier molecular flexibility index (Phi) is 3.97. The topological polar surface area (TPSA) is 119 Å². The molecule has 2 aromatic heterocycles. The number of thiazole rings is 2. The van der Waals surface area contributed by atoms with Crippen LogP contribution < -0.4 is 16.8 Å². The van der Waals surface area contributed by atoms with E-state index in [0.717, 1.165) is 10.2 Å². The van der Waals surface area contributed by atoms with Crippen molar-refractivity contribution in [1.29, 1.82) is 0 Å². The molecule has 0 fully saturated rings. The summed E-state index contributed by atoms with van der Waals surface area (Å²) in [6.45, 7) is 4.08. The Bertz CT molecular complexity index is 884. The summed E-state index contributed by atoms with van der Waals surface area (Å²) < 4.78 is 1.03. The summed E-state index contributed by atoms with van der Waals surface area (Å²) in [7, 11) is 0. The Morgan fingerprint density at radius 1 is 1.22 bits per heavy atom. The Morgan fingerprint density at radius 3 is 2.70 bits per heavy atom. The number of benzene rings is 1. The summed E-state index contributed by atoms with van der Waals surface area (Å²) in [5.74, 6) is -0.436. The number of hydrogen-bond donors (Lipinski definition) is 3. The molecule has 0 saturated heterocycles. The molecule has 1 amide bonds. The number of carbonyl (C=O) groups excluding carboxylic acids is 1. The van der Waals surface area contributed by atoms with Crippen LogP contribution in [0.5, 0.6) is 0 Å². The first-order valence-corrected chi connectivity index (χ1v) is 8.36. The molecule has 0 aliphatic carbocycles. The van der Waals surface area contributed by atoms with Crippen LogP contribution in [-0.2, 0) is 0 Å². The first-order chi connectivity index (χ1) is 10.9. The number of nitrogens with two attached hydrogens (primary N) is 2. The number of guanidine groups is 1. The second-order valence-electron chi connectivity index (χ2n) is 4.93. The van der Waals surface area contributed by atoms with Crippen LogP contribution in [0.3, 0.4) is 0 Å². The summed E-state index contributed by atoms with van der Waals surface area (Å²) >= 11 is 2.61. The fraction of sp³-hybridized carbons (Fsp3) is 0.143. The van der Waals surface area contributed by atoms with Gasteiger partial charge in [0, 0.05) is 5.38 Å². The molecule has 0 unspecified atom stereocenters. The van der Waals surface area contributed by atoms with Gasteiger partial charge < -0.3 is 11.5 Å². The molecule has 118 valence electrons. The lowest BCUT2D eigenvalue weighted by Crippen LogP contribution is -2.21. The smallest absolute Gasteiger partial charge is 0.276 e. The maximum Gasteiger partial charge on any atom is 0.276 e. The normalized spacial score (nSPS) is 10.7. The highest BCUT2D eigenvalue weighted by molar-refractivity contribution is 7.22. The van der Waals surface area contributed by atoms with Crippen molar-refractivity contribution in [3.63, 3.8) is 0 Å². The van der Waals surface area contributed by atoms with Gasteiger partial charge in [-0.2, -0.15) is 4.99 Å². The molecule has 0 aliphatic rings. The largest absolute Gasteiger partial charge is 0.370 e. The van der Waals surface area contributed by atoms with E-state index in [1.54, 1.807) is 5.38 Å². The third-order valence-electron chi connectivity index (χ3n) is 3.17. The van der Waals surface area contributed by atoms with E-state index in [4.69, 9.17) is 11.5 Å².